The number of nitrogens with one attached hydrogen (secondary N) is 1. The monoisotopic (exact) mass is 357 g/mol. The normalized spacial score (nSPS) is 16.0. The maximum atomic E-state index is 12.2. The van der Waals surface area contributed by atoms with E-state index in [2.05, 4.69) is 34.3 Å². The fourth-order valence-electron chi connectivity index (χ4n) is 4.04. The number of carbonyl (C=O) groups is 1. The van der Waals surface area contributed by atoms with Gasteiger partial charge in [0.2, 0.25) is 0 Å². The summed E-state index contributed by atoms with van der Waals surface area (Å²) in [6.45, 7) is 0.496. The number of urea groups is 1. The average Bonchev–Trinajstić information content (AvgIpc) is 3.36. The number of primary amides is 1. The number of carbonyl (C=O) groups excluding carboxylic acids is 1. The Bertz CT molecular complexity index is 1170. The third kappa shape index (κ3) is 2.41. The SMILES string of the molecule is Cn1ccc(-c2ccc3c(c2)CN(C(N)=O)C3c2c[nH]c3ccccc23)n1. The van der Waals surface area contributed by atoms with E-state index in [1.165, 1.54) is 0 Å². The van der Waals surface area contributed by atoms with Crippen LogP contribution in [0.2, 0.25) is 0 Å². The van der Waals surface area contributed by atoms with Crippen molar-refractivity contribution in [2.45, 2.75) is 12.6 Å². The van der Waals surface area contributed by atoms with Crippen molar-refractivity contribution in [3.8, 4) is 11.3 Å². The van der Waals surface area contributed by atoms with Crippen molar-refractivity contribution in [1.29, 1.82) is 0 Å². The molecule has 1 aliphatic heterocycles. The van der Waals surface area contributed by atoms with Crippen LogP contribution in [0, 0.1) is 0 Å². The molecule has 2 amide bonds. The maximum absolute atomic E-state index is 12.2. The highest BCUT2D eigenvalue weighted by Crippen LogP contribution is 2.42. The second kappa shape index (κ2) is 5.74. The second-order valence-electron chi connectivity index (χ2n) is 6.95. The molecule has 0 fully saturated rings. The molecule has 5 rings (SSSR count). The predicted octanol–water partition coefficient (Wildman–Crippen LogP) is 3.55. The quantitative estimate of drug-likeness (QED) is 0.575. The minimum absolute atomic E-state index is 0.188. The lowest BCUT2D eigenvalue weighted by molar-refractivity contribution is 0.199. The Morgan fingerprint density at radius 3 is 2.81 bits per heavy atom. The van der Waals surface area contributed by atoms with Gasteiger partial charge in [-0.15, -0.1) is 0 Å². The van der Waals surface area contributed by atoms with Crippen LogP contribution in [0.5, 0.6) is 0 Å². The van der Waals surface area contributed by atoms with Gasteiger partial charge in [-0.1, -0.05) is 30.3 Å². The zero-order valence-corrected chi connectivity index (χ0v) is 14.9. The third-order valence-electron chi connectivity index (χ3n) is 5.30. The molecule has 134 valence electrons. The summed E-state index contributed by atoms with van der Waals surface area (Å²) >= 11 is 0. The number of aromatic nitrogens is 3. The molecule has 6 heteroatoms. The van der Waals surface area contributed by atoms with E-state index in [1.807, 2.05) is 43.7 Å². The van der Waals surface area contributed by atoms with Crippen molar-refractivity contribution < 1.29 is 4.79 Å². The Kier molecular flexibility index (Phi) is 3.33. The summed E-state index contributed by atoms with van der Waals surface area (Å²) in [5.41, 5.74) is 12.0. The number of rotatable bonds is 2. The van der Waals surface area contributed by atoms with Gasteiger partial charge in [-0.25, -0.2) is 4.79 Å². The zero-order valence-electron chi connectivity index (χ0n) is 14.9. The summed E-state index contributed by atoms with van der Waals surface area (Å²) in [5.74, 6) is 0. The maximum Gasteiger partial charge on any atom is 0.315 e. The van der Waals surface area contributed by atoms with E-state index in [-0.39, 0.29) is 6.04 Å². The van der Waals surface area contributed by atoms with Crippen LogP contribution in [0.1, 0.15) is 22.7 Å². The van der Waals surface area contributed by atoms with E-state index in [1.54, 1.807) is 9.58 Å². The highest BCUT2D eigenvalue weighted by Gasteiger charge is 2.35. The number of aromatic amines is 1. The lowest BCUT2D eigenvalue weighted by Crippen LogP contribution is -2.34. The van der Waals surface area contributed by atoms with Gasteiger partial charge in [-0.05, 0) is 29.3 Å². The molecular weight excluding hydrogens is 338 g/mol. The van der Waals surface area contributed by atoms with Gasteiger partial charge in [0.15, 0.2) is 0 Å². The molecule has 0 aliphatic carbocycles. The number of hydrogen-bond acceptors (Lipinski definition) is 2. The standard InChI is InChI=1S/C21H19N5O/c1-25-9-8-18(24-25)13-6-7-15-14(10-13)12-26(21(22)27)20(15)17-11-23-19-5-3-2-4-16(17)19/h2-11,20,23H,12H2,1H3,(H2,22,27). The van der Waals surface area contributed by atoms with Gasteiger partial charge in [0.05, 0.1) is 11.7 Å². The first-order valence-corrected chi connectivity index (χ1v) is 8.87. The largest absolute Gasteiger partial charge is 0.361 e. The van der Waals surface area contributed by atoms with Gasteiger partial charge in [0.1, 0.15) is 0 Å². The summed E-state index contributed by atoms with van der Waals surface area (Å²) in [6.07, 6.45) is 3.90. The van der Waals surface area contributed by atoms with Crippen LogP contribution in [-0.4, -0.2) is 25.7 Å². The number of nitrogens with two attached hydrogens (primary N) is 1. The van der Waals surface area contributed by atoms with Crippen molar-refractivity contribution in [3.05, 3.63) is 77.6 Å². The van der Waals surface area contributed by atoms with Crippen LogP contribution >= 0.6 is 0 Å². The molecule has 3 N–H and O–H groups in total. The van der Waals surface area contributed by atoms with Gasteiger partial charge in [0, 0.05) is 48.0 Å². The number of H-pyrrole nitrogens is 1. The number of para-hydroxylation sites is 1. The van der Waals surface area contributed by atoms with Crippen molar-refractivity contribution in [3.63, 3.8) is 0 Å². The zero-order chi connectivity index (χ0) is 18.5. The molecule has 0 bridgehead atoms. The Hall–Kier alpha value is -3.54. The van der Waals surface area contributed by atoms with Gasteiger partial charge >= 0.3 is 6.03 Å². The number of hydrogen-bond donors (Lipinski definition) is 2. The van der Waals surface area contributed by atoms with Gasteiger partial charge in [-0.3, -0.25) is 4.68 Å². The van der Waals surface area contributed by atoms with E-state index < -0.39 is 6.03 Å². The Balaban J connectivity index is 1.65. The number of amides is 2. The first-order chi connectivity index (χ1) is 13.1. The first kappa shape index (κ1) is 15.7. The molecule has 0 saturated heterocycles. The van der Waals surface area contributed by atoms with Crippen molar-refractivity contribution in [1.82, 2.24) is 19.7 Å². The number of aryl methyl sites for hydroxylation is 1. The molecule has 2 aromatic heterocycles. The first-order valence-electron chi connectivity index (χ1n) is 8.87. The number of benzene rings is 2. The van der Waals surface area contributed by atoms with Crippen molar-refractivity contribution in [2.75, 3.05) is 0 Å². The molecule has 2 aromatic carbocycles. The molecule has 0 saturated carbocycles. The lowest BCUT2D eigenvalue weighted by Gasteiger charge is -2.23. The summed E-state index contributed by atoms with van der Waals surface area (Å²) in [4.78, 5) is 17.2. The Morgan fingerprint density at radius 2 is 2.04 bits per heavy atom. The molecule has 27 heavy (non-hydrogen) atoms. The van der Waals surface area contributed by atoms with Gasteiger partial charge < -0.3 is 15.6 Å². The molecule has 0 spiro atoms. The second-order valence-corrected chi connectivity index (χ2v) is 6.95. The van der Waals surface area contributed by atoms with Crippen LogP contribution in [0.4, 0.5) is 4.79 Å². The predicted molar refractivity (Wildman–Crippen MR) is 104 cm³/mol. The third-order valence-corrected chi connectivity index (χ3v) is 5.30. The van der Waals surface area contributed by atoms with E-state index >= 15 is 0 Å². The minimum atomic E-state index is -0.416. The summed E-state index contributed by atoms with van der Waals surface area (Å²) in [7, 11) is 1.90. The Morgan fingerprint density at radius 1 is 1.19 bits per heavy atom. The van der Waals surface area contributed by atoms with E-state index in [4.69, 9.17) is 5.73 Å². The number of fused-ring (bicyclic) bond motifs is 2. The smallest absolute Gasteiger partial charge is 0.315 e. The van der Waals surface area contributed by atoms with Crippen molar-refractivity contribution in [2.24, 2.45) is 12.8 Å². The summed E-state index contributed by atoms with van der Waals surface area (Å²) in [5, 5.41) is 5.58. The molecule has 3 heterocycles. The fourth-order valence-corrected chi connectivity index (χ4v) is 4.04. The summed E-state index contributed by atoms with van der Waals surface area (Å²) < 4.78 is 1.78. The van der Waals surface area contributed by atoms with Crippen LogP contribution < -0.4 is 5.73 Å². The molecular formula is C21H19N5O. The molecule has 1 unspecified atom stereocenters. The van der Waals surface area contributed by atoms with Gasteiger partial charge in [-0.2, -0.15) is 5.10 Å². The van der Waals surface area contributed by atoms with E-state index in [0.717, 1.165) is 38.9 Å². The van der Waals surface area contributed by atoms with Crippen LogP contribution in [0.15, 0.2) is 60.9 Å². The molecule has 1 atom stereocenters. The molecule has 0 radical (unpaired) electrons. The Labute approximate surface area is 156 Å². The lowest BCUT2D eigenvalue weighted by atomic mass is 9.95. The molecule has 1 aliphatic rings. The highest BCUT2D eigenvalue weighted by atomic mass is 16.2. The summed E-state index contributed by atoms with van der Waals surface area (Å²) in [6, 6.07) is 15.8. The van der Waals surface area contributed by atoms with Crippen molar-refractivity contribution >= 4 is 16.9 Å². The topological polar surface area (TPSA) is 79.9 Å². The van der Waals surface area contributed by atoms with E-state index in [9.17, 15) is 4.79 Å². The van der Waals surface area contributed by atoms with Gasteiger partial charge in [0.25, 0.3) is 0 Å². The van der Waals surface area contributed by atoms with E-state index in [0.29, 0.717) is 6.54 Å². The van der Waals surface area contributed by atoms with Crippen LogP contribution in [-0.2, 0) is 13.6 Å². The number of nitrogens with zero attached hydrogens (tertiary/aromatic N) is 3. The van der Waals surface area contributed by atoms with Crippen LogP contribution in [0.3, 0.4) is 0 Å². The molecule has 4 aromatic rings. The minimum Gasteiger partial charge on any atom is -0.361 e. The fraction of sp³-hybridized carbons (Fsp3) is 0.143. The highest BCUT2D eigenvalue weighted by molar-refractivity contribution is 5.86. The van der Waals surface area contributed by atoms with Crippen LogP contribution in [0.25, 0.3) is 22.2 Å². The average molecular weight is 357 g/mol. The molecule has 6 nitrogen and oxygen atoms in total.